The lowest BCUT2D eigenvalue weighted by molar-refractivity contribution is 0.176. The van der Waals surface area contributed by atoms with Gasteiger partial charge < -0.3 is 15.2 Å². The van der Waals surface area contributed by atoms with E-state index in [1.165, 1.54) is 34.4 Å². The van der Waals surface area contributed by atoms with Crippen molar-refractivity contribution >= 4 is 11.6 Å². The third kappa shape index (κ3) is 5.14. The second-order valence-corrected chi connectivity index (χ2v) is 9.38. The molecule has 2 aliphatic rings. The van der Waals surface area contributed by atoms with Crippen LogP contribution in [-0.2, 0) is 12.8 Å². The third-order valence-electron chi connectivity index (χ3n) is 6.97. The first kappa shape index (κ1) is 23.2. The third-order valence-corrected chi connectivity index (χ3v) is 7.31. The van der Waals surface area contributed by atoms with Crippen molar-refractivity contribution in [2.24, 2.45) is 0 Å². The Bertz CT molecular complexity index is 958. The summed E-state index contributed by atoms with van der Waals surface area (Å²) >= 11 is 6.51. The highest BCUT2D eigenvalue weighted by Crippen LogP contribution is 2.34. The first-order valence-corrected chi connectivity index (χ1v) is 12.3. The Balaban J connectivity index is 1.47. The number of nitrogens with zero attached hydrogens (tertiary/aromatic N) is 1. The van der Waals surface area contributed by atoms with Crippen LogP contribution in [0.3, 0.4) is 0 Å². The lowest BCUT2D eigenvalue weighted by Crippen LogP contribution is -2.45. The summed E-state index contributed by atoms with van der Waals surface area (Å²) in [5, 5.41) is 13.9. The Morgan fingerprint density at radius 2 is 2.03 bits per heavy atom. The van der Waals surface area contributed by atoms with Crippen LogP contribution in [-0.4, -0.2) is 42.4 Å². The number of fused-ring (bicyclic) bond motifs is 1. The van der Waals surface area contributed by atoms with Crippen LogP contribution in [0, 0.1) is 0 Å². The Morgan fingerprint density at radius 1 is 1.19 bits per heavy atom. The molecule has 1 aliphatic heterocycles. The molecule has 0 bridgehead atoms. The van der Waals surface area contributed by atoms with Gasteiger partial charge in [-0.2, -0.15) is 0 Å². The SMILES string of the molecule is CCC(NC1=C(C)CCN(C2CCc3cccc(OCCO)c3C2)C1)c1ccccc1Cl. The van der Waals surface area contributed by atoms with Crippen LogP contribution in [0.15, 0.2) is 53.7 Å². The minimum atomic E-state index is 0.0440. The van der Waals surface area contributed by atoms with Gasteiger partial charge in [0, 0.05) is 29.9 Å². The van der Waals surface area contributed by atoms with E-state index in [0.717, 1.165) is 49.5 Å². The maximum absolute atomic E-state index is 9.18. The molecule has 2 unspecified atom stereocenters. The zero-order chi connectivity index (χ0) is 22.5. The normalized spacial score (nSPS) is 20.1. The van der Waals surface area contributed by atoms with Crippen molar-refractivity contribution in [2.75, 3.05) is 26.3 Å². The van der Waals surface area contributed by atoms with Crippen LogP contribution in [0.1, 0.15) is 55.8 Å². The molecule has 0 amide bonds. The molecule has 0 saturated carbocycles. The number of aliphatic hydroxyl groups is 1. The zero-order valence-corrected chi connectivity index (χ0v) is 20.0. The van der Waals surface area contributed by atoms with E-state index >= 15 is 0 Å². The number of rotatable bonds is 8. The zero-order valence-electron chi connectivity index (χ0n) is 19.2. The van der Waals surface area contributed by atoms with Crippen LogP contribution in [0.5, 0.6) is 5.75 Å². The lowest BCUT2D eigenvalue weighted by atomic mass is 9.86. The Labute approximate surface area is 197 Å². The molecule has 1 aliphatic carbocycles. The van der Waals surface area contributed by atoms with E-state index in [1.54, 1.807) is 0 Å². The molecule has 172 valence electrons. The first-order chi connectivity index (χ1) is 15.6. The number of ether oxygens (including phenoxy) is 1. The Kier molecular flexibility index (Phi) is 7.77. The predicted octanol–water partition coefficient (Wildman–Crippen LogP) is 5.29. The van der Waals surface area contributed by atoms with E-state index in [9.17, 15) is 5.11 Å². The molecule has 0 saturated heterocycles. The monoisotopic (exact) mass is 454 g/mol. The smallest absolute Gasteiger partial charge is 0.122 e. The number of nitrogens with one attached hydrogen (secondary N) is 1. The summed E-state index contributed by atoms with van der Waals surface area (Å²) in [7, 11) is 0. The molecule has 0 spiro atoms. The number of benzene rings is 2. The lowest BCUT2D eigenvalue weighted by Gasteiger charge is -2.40. The Morgan fingerprint density at radius 3 is 2.81 bits per heavy atom. The maximum atomic E-state index is 9.18. The van der Waals surface area contributed by atoms with Gasteiger partial charge in [-0.05, 0) is 67.9 Å². The molecule has 32 heavy (non-hydrogen) atoms. The first-order valence-electron chi connectivity index (χ1n) is 11.9. The summed E-state index contributed by atoms with van der Waals surface area (Å²) in [5.41, 5.74) is 6.68. The molecule has 0 fully saturated rings. The van der Waals surface area contributed by atoms with E-state index in [2.05, 4.69) is 48.3 Å². The molecule has 4 rings (SSSR count). The maximum Gasteiger partial charge on any atom is 0.122 e. The molecule has 5 heteroatoms. The van der Waals surface area contributed by atoms with Gasteiger partial charge in [-0.3, -0.25) is 4.90 Å². The van der Waals surface area contributed by atoms with Crippen LogP contribution < -0.4 is 10.1 Å². The average Bonchev–Trinajstić information content (AvgIpc) is 2.82. The van der Waals surface area contributed by atoms with Gasteiger partial charge in [-0.1, -0.05) is 54.4 Å². The number of aryl methyl sites for hydroxylation is 1. The summed E-state index contributed by atoms with van der Waals surface area (Å²) in [6, 6.07) is 15.2. The van der Waals surface area contributed by atoms with Crippen molar-refractivity contribution in [3.05, 3.63) is 75.4 Å². The van der Waals surface area contributed by atoms with Gasteiger partial charge in [0.1, 0.15) is 12.4 Å². The summed E-state index contributed by atoms with van der Waals surface area (Å²) in [4.78, 5) is 2.64. The van der Waals surface area contributed by atoms with Crippen molar-refractivity contribution in [2.45, 2.75) is 58.0 Å². The second kappa shape index (κ2) is 10.7. The van der Waals surface area contributed by atoms with Gasteiger partial charge in [0.15, 0.2) is 0 Å². The van der Waals surface area contributed by atoms with Gasteiger partial charge in [-0.15, -0.1) is 0 Å². The standard InChI is InChI=1S/C27H35ClN2O2/c1-3-25(22-8-4-5-9-24(22)28)29-26-18-30(14-13-19(26)2)21-12-11-20-7-6-10-27(23(20)17-21)32-16-15-31/h4-10,21,25,29,31H,3,11-18H2,1-2H3. The summed E-state index contributed by atoms with van der Waals surface area (Å²) in [6.45, 7) is 6.91. The van der Waals surface area contributed by atoms with E-state index < -0.39 is 0 Å². The molecule has 2 aromatic rings. The molecular weight excluding hydrogens is 420 g/mol. The van der Waals surface area contributed by atoms with E-state index in [4.69, 9.17) is 16.3 Å². The number of halogens is 1. The highest BCUT2D eigenvalue weighted by atomic mass is 35.5. The minimum Gasteiger partial charge on any atom is -0.491 e. The summed E-state index contributed by atoms with van der Waals surface area (Å²) in [5.74, 6) is 0.938. The highest BCUT2D eigenvalue weighted by molar-refractivity contribution is 6.31. The fourth-order valence-corrected chi connectivity index (χ4v) is 5.33. The van der Waals surface area contributed by atoms with Crippen LogP contribution in [0.4, 0.5) is 0 Å². The van der Waals surface area contributed by atoms with Crippen molar-refractivity contribution in [1.29, 1.82) is 0 Å². The van der Waals surface area contributed by atoms with Crippen LogP contribution in [0.2, 0.25) is 5.02 Å². The van der Waals surface area contributed by atoms with Crippen molar-refractivity contribution < 1.29 is 9.84 Å². The van der Waals surface area contributed by atoms with E-state index in [1.807, 2.05) is 18.2 Å². The van der Waals surface area contributed by atoms with Crippen LogP contribution in [0.25, 0.3) is 0 Å². The van der Waals surface area contributed by atoms with Crippen LogP contribution >= 0.6 is 11.6 Å². The molecule has 2 aromatic carbocycles. The highest BCUT2D eigenvalue weighted by Gasteiger charge is 2.29. The molecule has 0 aromatic heterocycles. The Hall–Kier alpha value is -2.01. The molecule has 1 heterocycles. The molecule has 4 nitrogen and oxygen atoms in total. The van der Waals surface area contributed by atoms with Crippen molar-refractivity contribution in [3.63, 3.8) is 0 Å². The molecular formula is C27H35ClN2O2. The van der Waals surface area contributed by atoms with Crippen molar-refractivity contribution in [3.8, 4) is 5.75 Å². The van der Waals surface area contributed by atoms with Gasteiger partial charge in [-0.25, -0.2) is 0 Å². The van der Waals surface area contributed by atoms with E-state index in [0.29, 0.717) is 12.6 Å². The topological polar surface area (TPSA) is 44.7 Å². The summed E-state index contributed by atoms with van der Waals surface area (Å²) in [6.07, 6.45) is 5.33. The number of hydrogen-bond donors (Lipinski definition) is 2. The average molecular weight is 455 g/mol. The van der Waals surface area contributed by atoms with Gasteiger partial charge in [0.25, 0.3) is 0 Å². The molecule has 2 atom stereocenters. The predicted molar refractivity (Wildman–Crippen MR) is 131 cm³/mol. The largest absolute Gasteiger partial charge is 0.491 e. The molecule has 0 radical (unpaired) electrons. The number of hydrogen-bond acceptors (Lipinski definition) is 4. The van der Waals surface area contributed by atoms with Gasteiger partial charge >= 0.3 is 0 Å². The van der Waals surface area contributed by atoms with E-state index in [-0.39, 0.29) is 12.6 Å². The second-order valence-electron chi connectivity index (χ2n) is 8.97. The van der Waals surface area contributed by atoms with Gasteiger partial charge in [0.2, 0.25) is 0 Å². The summed E-state index contributed by atoms with van der Waals surface area (Å²) < 4.78 is 5.85. The minimum absolute atomic E-state index is 0.0440. The number of aliphatic hydroxyl groups excluding tert-OH is 1. The van der Waals surface area contributed by atoms with Gasteiger partial charge in [0.05, 0.1) is 12.6 Å². The fraction of sp³-hybridized carbons (Fsp3) is 0.481. The fourth-order valence-electron chi connectivity index (χ4n) is 5.07. The molecule has 2 N–H and O–H groups in total. The van der Waals surface area contributed by atoms with Crippen molar-refractivity contribution in [1.82, 2.24) is 10.2 Å². The quantitative estimate of drug-likeness (QED) is 0.568.